The van der Waals surface area contributed by atoms with Crippen molar-refractivity contribution < 1.29 is 24.2 Å². The lowest BCUT2D eigenvalue weighted by Gasteiger charge is -2.19. The predicted octanol–water partition coefficient (Wildman–Crippen LogP) is 0.559. The van der Waals surface area contributed by atoms with Gasteiger partial charge in [-0.05, 0) is 13.0 Å². The molecule has 0 aliphatic carbocycles. The fourth-order valence-corrected chi connectivity index (χ4v) is 1.62. The van der Waals surface area contributed by atoms with E-state index in [0.717, 1.165) is 0 Å². The number of amides is 1. The van der Waals surface area contributed by atoms with Gasteiger partial charge in [0.1, 0.15) is 18.0 Å². The molecule has 19 heavy (non-hydrogen) atoms. The molecule has 1 rings (SSSR count). The van der Waals surface area contributed by atoms with Crippen molar-refractivity contribution in [3.8, 4) is 0 Å². The minimum Gasteiger partial charge on any atom is -0.388 e. The number of aliphatic hydroxyl groups is 2. The Labute approximate surface area is 110 Å². The maximum absolute atomic E-state index is 14.0. The summed E-state index contributed by atoms with van der Waals surface area (Å²) < 4.78 is 14.0. The number of carbonyl (C=O) groups is 2. The highest BCUT2D eigenvalue weighted by molar-refractivity contribution is 5.94. The van der Waals surface area contributed by atoms with E-state index in [1.54, 1.807) is 0 Å². The summed E-state index contributed by atoms with van der Waals surface area (Å²) in [5, 5.41) is 21.8. The molecular weight excluding hydrogens is 253 g/mol. The van der Waals surface area contributed by atoms with E-state index in [4.69, 9.17) is 0 Å². The molecule has 0 radical (unpaired) electrons. The molecule has 0 heterocycles. The quantitative estimate of drug-likeness (QED) is 0.682. The molecule has 0 fully saturated rings. The number of benzene rings is 1. The zero-order valence-corrected chi connectivity index (χ0v) is 10.7. The standard InChI is InChI=1S/C13H16FNO4/c1-7(16)9-4-3-5-10(12(9)14)13(19)11(18)6-15-8(2)17/h3-5,11,13,18-19H,6H2,1-2H3,(H,15,17). The highest BCUT2D eigenvalue weighted by Crippen LogP contribution is 2.23. The molecule has 1 amide bonds. The first-order chi connectivity index (χ1) is 8.84. The summed E-state index contributed by atoms with van der Waals surface area (Å²) in [7, 11) is 0. The normalized spacial score (nSPS) is 13.7. The zero-order valence-electron chi connectivity index (χ0n) is 10.7. The first-order valence-electron chi connectivity index (χ1n) is 5.74. The third-order valence-corrected chi connectivity index (χ3v) is 2.65. The number of Topliss-reactive ketones (excluding diaryl/α,β-unsaturated/α-hetero) is 1. The van der Waals surface area contributed by atoms with E-state index >= 15 is 0 Å². The number of ketones is 1. The highest BCUT2D eigenvalue weighted by atomic mass is 19.1. The van der Waals surface area contributed by atoms with Crippen LogP contribution >= 0.6 is 0 Å². The van der Waals surface area contributed by atoms with E-state index in [1.807, 2.05) is 0 Å². The number of halogens is 1. The van der Waals surface area contributed by atoms with Crippen molar-refractivity contribution in [3.05, 3.63) is 35.1 Å². The molecule has 0 aliphatic heterocycles. The summed E-state index contributed by atoms with van der Waals surface area (Å²) in [6.07, 6.45) is -2.88. The van der Waals surface area contributed by atoms with Gasteiger partial charge in [0.25, 0.3) is 0 Å². The van der Waals surface area contributed by atoms with Crippen LogP contribution in [-0.4, -0.2) is 34.6 Å². The van der Waals surface area contributed by atoms with E-state index in [-0.39, 0.29) is 23.6 Å². The average Bonchev–Trinajstić information content (AvgIpc) is 2.34. The fourth-order valence-electron chi connectivity index (χ4n) is 1.62. The van der Waals surface area contributed by atoms with Crippen molar-refractivity contribution in [1.29, 1.82) is 0 Å². The van der Waals surface area contributed by atoms with Gasteiger partial charge in [-0.2, -0.15) is 0 Å². The Morgan fingerprint density at radius 3 is 2.47 bits per heavy atom. The molecule has 0 aliphatic rings. The molecule has 6 heteroatoms. The zero-order chi connectivity index (χ0) is 14.6. The Morgan fingerprint density at radius 2 is 1.95 bits per heavy atom. The smallest absolute Gasteiger partial charge is 0.216 e. The predicted molar refractivity (Wildman–Crippen MR) is 66.1 cm³/mol. The fraction of sp³-hybridized carbons (Fsp3) is 0.385. The molecule has 3 N–H and O–H groups in total. The summed E-state index contributed by atoms with van der Waals surface area (Å²) in [5.41, 5.74) is -0.325. The van der Waals surface area contributed by atoms with Crippen molar-refractivity contribution in [2.45, 2.75) is 26.1 Å². The minimum absolute atomic E-state index is 0.150. The Balaban J connectivity index is 2.93. The Morgan fingerprint density at radius 1 is 1.32 bits per heavy atom. The van der Waals surface area contributed by atoms with Crippen LogP contribution in [0.5, 0.6) is 0 Å². The molecule has 0 spiro atoms. The molecular formula is C13H16FNO4. The lowest BCUT2D eigenvalue weighted by Crippen LogP contribution is -2.34. The van der Waals surface area contributed by atoms with E-state index in [9.17, 15) is 24.2 Å². The summed E-state index contributed by atoms with van der Waals surface area (Å²) in [4.78, 5) is 21.9. The number of hydrogen-bond acceptors (Lipinski definition) is 4. The average molecular weight is 269 g/mol. The Hall–Kier alpha value is -1.79. The maximum atomic E-state index is 14.0. The van der Waals surface area contributed by atoms with Crippen molar-refractivity contribution in [1.82, 2.24) is 5.32 Å². The largest absolute Gasteiger partial charge is 0.388 e. The second-order valence-electron chi connectivity index (χ2n) is 4.21. The molecule has 104 valence electrons. The van der Waals surface area contributed by atoms with Crippen LogP contribution in [0.4, 0.5) is 4.39 Å². The molecule has 1 aromatic carbocycles. The first-order valence-corrected chi connectivity index (χ1v) is 5.74. The van der Waals surface area contributed by atoms with Gasteiger partial charge in [-0.25, -0.2) is 4.39 Å². The SMILES string of the molecule is CC(=O)NCC(O)C(O)c1cccc(C(C)=O)c1F. The monoisotopic (exact) mass is 269 g/mol. The molecule has 2 atom stereocenters. The van der Waals surface area contributed by atoms with Crippen LogP contribution in [0.15, 0.2) is 18.2 Å². The summed E-state index contributed by atoms with van der Waals surface area (Å²) in [5.74, 6) is -1.70. The van der Waals surface area contributed by atoms with Gasteiger partial charge in [-0.1, -0.05) is 12.1 Å². The molecule has 5 nitrogen and oxygen atoms in total. The third kappa shape index (κ3) is 3.84. The third-order valence-electron chi connectivity index (χ3n) is 2.65. The van der Waals surface area contributed by atoms with E-state index in [0.29, 0.717) is 0 Å². The topological polar surface area (TPSA) is 86.6 Å². The number of aliphatic hydroxyl groups excluding tert-OH is 2. The molecule has 0 saturated carbocycles. The van der Waals surface area contributed by atoms with Crippen molar-refractivity contribution in [2.24, 2.45) is 0 Å². The number of hydrogen-bond donors (Lipinski definition) is 3. The van der Waals surface area contributed by atoms with Gasteiger partial charge in [0.05, 0.1) is 5.56 Å². The van der Waals surface area contributed by atoms with Crippen molar-refractivity contribution in [3.63, 3.8) is 0 Å². The Kier molecular flexibility index (Phi) is 5.14. The van der Waals surface area contributed by atoms with Crippen LogP contribution in [0.3, 0.4) is 0 Å². The summed E-state index contributed by atoms with van der Waals surface area (Å²) >= 11 is 0. The van der Waals surface area contributed by atoms with Gasteiger partial charge in [0, 0.05) is 19.0 Å². The highest BCUT2D eigenvalue weighted by Gasteiger charge is 2.23. The van der Waals surface area contributed by atoms with Gasteiger partial charge in [0.2, 0.25) is 5.91 Å². The molecule has 0 bridgehead atoms. The number of carbonyl (C=O) groups excluding carboxylic acids is 2. The number of nitrogens with one attached hydrogen (secondary N) is 1. The second-order valence-corrected chi connectivity index (χ2v) is 4.21. The lowest BCUT2D eigenvalue weighted by molar-refractivity contribution is -0.119. The van der Waals surface area contributed by atoms with Crippen LogP contribution in [0, 0.1) is 5.82 Å². The van der Waals surface area contributed by atoms with Gasteiger partial charge >= 0.3 is 0 Å². The van der Waals surface area contributed by atoms with Crippen LogP contribution in [0.2, 0.25) is 0 Å². The van der Waals surface area contributed by atoms with Crippen LogP contribution in [-0.2, 0) is 4.79 Å². The minimum atomic E-state index is -1.52. The molecule has 2 unspecified atom stereocenters. The molecule has 1 aromatic rings. The summed E-state index contributed by atoms with van der Waals surface area (Å²) in [6.45, 7) is 2.26. The number of rotatable bonds is 5. The summed E-state index contributed by atoms with van der Waals surface area (Å²) in [6, 6.07) is 4.00. The van der Waals surface area contributed by atoms with Gasteiger partial charge in [-0.3, -0.25) is 9.59 Å². The van der Waals surface area contributed by atoms with Gasteiger partial charge < -0.3 is 15.5 Å². The second kappa shape index (κ2) is 6.40. The van der Waals surface area contributed by atoms with Crippen LogP contribution in [0.25, 0.3) is 0 Å². The van der Waals surface area contributed by atoms with E-state index < -0.39 is 23.8 Å². The van der Waals surface area contributed by atoms with Crippen LogP contribution < -0.4 is 5.32 Å². The lowest BCUT2D eigenvalue weighted by atomic mass is 9.99. The molecule has 0 saturated heterocycles. The Bertz CT molecular complexity index is 490. The van der Waals surface area contributed by atoms with Crippen LogP contribution in [0.1, 0.15) is 35.9 Å². The van der Waals surface area contributed by atoms with Gasteiger partial charge in [-0.15, -0.1) is 0 Å². The molecule has 0 aromatic heterocycles. The van der Waals surface area contributed by atoms with Crippen molar-refractivity contribution >= 4 is 11.7 Å². The van der Waals surface area contributed by atoms with Crippen molar-refractivity contribution in [2.75, 3.05) is 6.54 Å². The van der Waals surface area contributed by atoms with Gasteiger partial charge in [0.15, 0.2) is 5.78 Å². The van der Waals surface area contributed by atoms with E-state index in [1.165, 1.54) is 32.0 Å². The van der Waals surface area contributed by atoms with E-state index in [2.05, 4.69) is 5.32 Å². The first kappa shape index (κ1) is 15.3. The maximum Gasteiger partial charge on any atom is 0.216 e.